The van der Waals surface area contributed by atoms with Crippen molar-refractivity contribution in [1.29, 1.82) is 0 Å². The molecular weight excluding hydrogens is 331 g/mol. The molecule has 26 heavy (non-hydrogen) atoms. The Labute approximate surface area is 163 Å². The quantitative estimate of drug-likeness (QED) is 0.508. The Morgan fingerprint density at radius 2 is 1.12 bits per heavy atom. The predicted octanol–water partition coefficient (Wildman–Crippen LogP) is 7.08. The van der Waals surface area contributed by atoms with E-state index in [4.69, 9.17) is 0 Å². The van der Waals surface area contributed by atoms with Crippen LogP contribution in [0.25, 0.3) is 0 Å². The topological polar surface area (TPSA) is 0 Å². The SMILES string of the molecule is CC(C)(C)c1cc(C(C)(C)C)c(PCc2ccccc2)c(C(C)(C)C)c1. The van der Waals surface area contributed by atoms with Gasteiger partial charge >= 0.3 is 0 Å². The van der Waals surface area contributed by atoms with Crippen LogP contribution in [-0.4, -0.2) is 0 Å². The van der Waals surface area contributed by atoms with Gasteiger partial charge in [0.1, 0.15) is 0 Å². The fraction of sp³-hybridized carbons (Fsp3) is 0.520. The highest BCUT2D eigenvalue weighted by Crippen LogP contribution is 2.37. The smallest absolute Gasteiger partial charge is 0.00600 e. The van der Waals surface area contributed by atoms with Crippen LogP contribution in [0.15, 0.2) is 42.5 Å². The molecular formula is C25H37P. The van der Waals surface area contributed by atoms with Gasteiger partial charge in [0.2, 0.25) is 0 Å². The monoisotopic (exact) mass is 368 g/mol. The number of hydrogen-bond acceptors (Lipinski definition) is 0. The maximum absolute atomic E-state index is 2.49. The molecule has 0 aliphatic heterocycles. The minimum Gasteiger partial charge on any atom is -0.0853 e. The fourth-order valence-corrected chi connectivity index (χ4v) is 5.13. The van der Waals surface area contributed by atoms with Crippen LogP contribution in [0.1, 0.15) is 84.6 Å². The lowest BCUT2D eigenvalue weighted by Gasteiger charge is -2.33. The molecule has 0 saturated heterocycles. The number of rotatable bonds is 3. The molecule has 0 saturated carbocycles. The summed E-state index contributed by atoms with van der Waals surface area (Å²) in [5.41, 5.74) is 6.43. The van der Waals surface area contributed by atoms with E-state index in [9.17, 15) is 0 Å². The van der Waals surface area contributed by atoms with Crippen LogP contribution in [0.5, 0.6) is 0 Å². The maximum Gasteiger partial charge on any atom is -0.00600 e. The molecule has 2 aromatic rings. The zero-order valence-electron chi connectivity index (χ0n) is 18.2. The summed E-state index contributed by atoms with van der Waals surface area (Å²) in [5.74, 6) is 0. The highest BCUT2D eigenvalue weighted by molar-refractivity contribution is 7.46. The Hall–Kier alpha value is -1.13. The van der Waals surface area contributed by atoms with Crippen LogP contribution in [-0.2, 0) is 22.4 Å². The van der Waals surface area contributed by atoms with Crippen molar-refractivity contribution in [3.63, 3.8) is 0 Å². The molecule has 0 bridgehead atoms. The summed E-state index contributed by atoms with van der Waals surface area (Å²) in [6.07, 6.45) is 1.13. The molecule has 0 aliphatic rings. The Morgan fingerprint density at radius 1 is 0.654 bits per heavy atom. The van der Waals surface area contributed by atoms with Crippen molar-refractivity contribution in [1.82, 2.24) is 0 Å². The number of hydrogen-bond donors (Lipinski definition) is 0. The van der Waals surface area contributed by atoms with Crippen molar-refractivity contribution in [2.24, 2.45) is 0 Å². The van der Waals surface area contributed by atoms with E-state index in [1.54, 1.807) is 5.30 Å². The molecule has 0 amide bonds. The molecule has 1 atom stereocenters. The van der Waals surface area contributed by atoms with E-state index in [0.717, 1.165) is 14.7 Å². The van der Waals surface area contributed by atoms with Crippen molar-refractivity contribution in [2.75, 3.05) is 0 Å². The van der Waals surface area contributed by atoms with Crippen LogP contribution in [0.4, 0.5) is 0 Å². The van der Waals surface area contributed by atoms with Crippen molar-refractivity contribution < 1.29 is 0 Å². The third-order valence-corrected chi connectivity index (χ3v) is 6.41. The maximum atomic E-state index is 2.49. The summed E-state index contributed by atoms with van der Waals surface area (Å²) >= 11 is 0. The van der Waals surface area contributed by atoms with Crippen molar-refractivity contribution in [3.05, 3.63) is 64.7 Å². The first-order chi connectivity index (χ1) is 11.8. The molecule has 0 fully saturated rings. The highest BCUT2D eigenvalue weighted by Gasteiger charge is 2.28. The first-order valence-corrected chi connectivity index (χ1v) is 11.0. The lowest BCUT2D eigenvalue weighted by atomic mass is 9.75. The van der Waals surface area contributed by atoms with Gasteiger partial charge in [-0.15, -0.1) is 0 Å². The van der Waals surface area contributed by atoms with Gasteiger partial charge < -0.3 is 0 Å². The summed E-state index contributed by atoms with van der Waals surface area (Å²) in [6, 6.07) is 15.9. The Bertz CT molecular complexity index is 699. The van der Waals surface area contributed by atoms with Crippen molar-refractivity contribution in [3.8, 4) is 0 Å². The van der Waals surface area contributed by atoms with Crippen LogP contribution in [0.3, 0.4) is 0 Å². The summed E-state index contributed by atoms with van der Waals surface area (Å²) in [5, 5.41) is 1.59. The second kappa shape index (κ2) is 7.47. The summed E-state index contributed by atoms with van der Waals surface area (Å²) < 4.78 is 0. The second-order valence-corrected chi connectivity index (χ2v) is 11.7. The molecule has 0 aromatic heterocycles. The van der Waals surface area contributed by atoms with E-state index >= 15 is 0 Å². The summed E-state index contributed by atoms with van der Waals surface area (Å²) in [6.45, 7) is 21.1. The molecule has 0 aliphatic carbocycles. The first kappa shape index (κ1) is 21.2. The Balaban J connectivity index is 2.62. The van der Waals surface area contributed by atoms with Gasteiger partial charge in [-0.05, 0) is 50.0 Å². The van der Waals surface area contributed by atoms with Crippen LogP contribution in [0.2, 0.25) is 0 Å². The van der Waals surface area contributed by atoms with Gasteiger partial charge in [0, 0.05) is 0 Å². The lowest BCUT2D eigenvalue weighted by Crippen LogP contribution is -2.30. The fourth-order valence-electron chi connectivity index (χ4n) is 3.23. The van der Waals surface area contributed by atoms with Gasteiger partial charge in [-0.25, -0.2) is 0 Å². The molecule has 2 aromatic carbocycles. The third-order valence-electron chi connectivity index (χ3n) is 4.93. The van der Waals surface area contributed by atoms with E-state index in [2.05, 4.69) is 105 Å². The standard InChI is InChI=1S/C25H37P/c1-23(2,3)19-15-20(24(4,5)6)22(21(16-19)25(7,8)9)26-17-18-13-11-10-12-14-18/h10-16,26H,17H2,1-9H3. The predicted molar refractivity (Wildman–Crippen MR) is 121 cm³/mol. The second-order valence-electron chi connectivity index (χ2n) is 10.5. The van der Waals surface area contributed by atoms with Crippen LogP contribution >= 0.6 is 8.58 Å². The zero-order chi connectivity index (χ0) is 19.8. The highest BCUT2D eigenvalue weighted by atomic mass is 31.1. The molecule has 0 N–H and O–H groups in total. The summed E-state index contributed by atoms with van der Waals surface area (Å²) in [4.78, 5) is 0. The molecule has 0 spiro atoms. The van der Waals surface area contributed by atoms with Gasteiger partial charge in [0.05, 0.1) is 0 Å². The van der Waals surface area contributed by atoms with Crippen LogP contribution < -0.4 is 5.30 Å². The zero-order valence-corrected chi connectivity index (χ0v) is 19.2. The van der Waals surface area contributed by atoms with E-state index in [1.807, 2.05) is 0 Å². The molecule has 142 valence electrons. The van der Waals surface area contributed by atoms with Gasteiger partial charge in [-0.3, -0.25) is 0 Å². The van der Waals surface area contributed by atoms with E-state index in [-0.39, 0.29) is 16.2 Å². The van der Waals surface area contributed by atoms with Crippen LogP contribution in [0, 0.1) is 0 Å². The van der Waals surface area contributed by atoms with Crippen molar-refractivity contribution in [2.45, 2.75) is 84.7 Å². The molecule has 2 rings (SSSR count). The molecule has 0 nitrogen and oxygen atoms in total. The minimum absolute atomic E-state index is 0.153. The molecule has 1 heteroatoms. The van der Waals surface area contributed by atoms with Gasteiger partial charge in [-0.1, -0.05) is 113 Å². The minimum atomic E-state index is 0.153. The van der Waals surface area contributed by atoms with Gasteiger partial charge in [0.25, 0.3) is 0 Å². The number of benzene rings is 2. The largest absolute Gasteiger partial charge is 0.0853 e. The average Bonchev–Trinajstić information content (AvgIpc) is 2.50. The molecule has 0 radical (unpaired) electrons. The van der Waals surface area contributed by atoms with Crippen molar-refractivity contribution >= 4 is 13.9 Å². The molecule has 0 heterocycles. The van der Waals surface area contributed by atoms with E-state index in [1.165, 1.54) is 22.3 Å². The van der Waals surface area contributed by atoms with E-state index in [0.29, 0.717) is 0 Å². The average molecular weight is 369 g/mol. The lowest BCUT2D eigenvalue weighted by molar-refractivity contribution is 0.553. The Morgan fingerprint density at radius 3 is 1.50 bits per heavy atom. The van der Waals surface area contributed by atoms with Gasteiger partial charge in [0.15, 0.2) is 0 Å². The van der Waals surface area contributed by atoms with E-state index < -0.39 is 0 Å². The summed E-state index contributed by atoms with van der Waals surface area (Å²) in [7, 11) is 0.806. The Kier molecular flexibility index (Phi) is 6.09. The van der Waals surface area contributed by atoms with Gasteiger partial charge in [-0.2, -0.15) is 0 Å². The first-order valence-electron chi connectivity index (χ1n) is 9.77. The molecule has 1 unspecified atom stereocenters. The third kappa shape index (κ3) is 5.20. The normalized spacial score (nSPS) is 13.6.